The molecule has 4 aromatic rings. The van der Waals surface area contributed by atoms with E-state index in [1.807, 2.05) is 48.2 Å². The standard InChI is InChI=1S/C26H25N5OS/c1-19(25(32)30-16-13-21-9-5-6-10-23(21)18-30)33-26-29-28-24(22-11-14-27-15-12-22)31(26)17-20-7-3-2-4-8-20/h2-12,14-15,19H,13,16-18H2,1H3/t19-/m1/s1. The first kappa shape index (κ1) is 21.4. The van der Waals surface area contributed by atoms with Crippen molar-refractivity contribution in [2.75, 3.05) is 6.54 Å². The van der Waals surface area contributed by atoms with Crippen molar-refractivity contribution in [3.05, 3.63) is 95.8 Å². The summed E-state index contributed by atoms with van der Waals surface area (Å²) in [4.78, 5) is 19.4. The normalized spacial score (nSPS) is 14.0. The van der Waals surface area contributed by atoms with Crippen LogP contribution in [0.15, 0.2) is 84.3 Å². The molecule has 0 saturated heterocycles. The first-order valence-electron chi connectivity index (χ1n) is 11.1. The van der Waals surface area contributed by atoms with Gasteiger partial charge in [-0.05, 0) is 42.2 Å². The molecule has 3 heterocycles. The first-order chi connectivity index (χ1) is 16.2. The summed E-state index contributed by atoms with van der Waals surface area (Å²) in [6, 6.07) is 22.5. The number of hydrogen-bond acceptors (Lipinski definition) is 5. The molecule has 1 aliphatic heterocycles. The summed E-state index contributed by atoms with van der Waals surface area (Å²) in [5.41, 5.74) is 4.68. The lowest BCUT2D eigenvalue weighted by Crippen LogP contribution is -2.40. The number of hydrogen-bond donors (Lipinski definition) is 0. The maximum absolute atomic E-state index is 13.3. The Morgan fingerprint density at radius 3 is 2.48 bits per heavy atom. The second-order valence-corrected chi connectivity index (χ2v) is 9.46. The van der Waals surface area contributed by atoms with Gasteiger partial charge in [-0.3, -0.25) is 14.3 Å². The number of fused-ring (bicyclic) bond motifs is 1. The predicted molar refractivity (Wildman–Crippen MR) is 130 cm³/mol. The molecular weight excluding hydrogens is 430 g/mol. The monoisotopic (exact) mass is 455 g/mol. The molecule has 1 aliphatic rings. The number of amides is 1. The molecule has 0 bridgehead atoms. The Balaban J connectivity index is 1.38. The van der Waals surface area contributed by atoms with Crippen molar-refractivity contribution in [3.8, 4) is 11.4 Å². The fourth-order valence-corrected chi connectivity index (χ4v) is 5.08. The highest BCUT2D eigenvalue weighted by Crippen LogP contribution is 2.29. The maximum atomic E-state index is 13.3. The molecule has 0 unspecified atom stereocenters. The van der Waals surface area contributed by atoms with Crippen molar-refractivity contribution < 1.29 is 4.79 Å². The van der Waals surface area contributed by atoms with E-state index in [1.165, 1.54) is 22.9 Å². The predicted octanol–water partition coefficient (Wildman–Crippen LogP) is 4.45. The average molecular weight is 456 g/mol. The Labute approximate surface area is 197 Å². The van der Waals surface area contributed by atoms with Crippen molar-refractivity contribution in [1.29, 1.82) is 0 Å². The van der Waals surface area contributed by atoms with Crippen LogP contribution in [0, 0.1) is 0 Å². The zero-order valence-electron chi connectivity index (χ0n) is 18.5. The minimum absolute atomic E-state index is 0.134. The van der Waals surface area contributed by atoms with Gasteiger partial charge in [0.1, 0.15) is 0 Å². The molecule has 2 aromatic heterocycles. The van der Waals surface area contributed by atoms with Crippen molar-refractivity contribution in [2.45, 2.75) is 36.8 Å². The van der Waals surface area contributed by atoms with Gasteiger partial charge in [-0.1, -0.05) is 66.4 Å². The average Bonchev–Trinajstić information content (AvgIpc) is 3.26. The fraction of sp³-hybridized carbons (Fsp3) is 0.231. The second-order valence-electron chi connectivity index (χ2n) is 8.15. The summed E-state index contributed by atoms with van der Waals surface area (Å²) in [7, 11) is 0. The van der Waals surface area contributed by atoms with Crippen LogP contribution in [0.1, 0.15) is 23.6 Å². The van der Waals surface area contributed by atoms with Gasteiger partial charge in [-0.15, -0.1) is 10.2 Å². The quantitative estimate of drug-likeness (QED) is 0.402. The molecule has 7 heteroatoms. The Kier molecular flexibility index (Phi) is 6.21. The third-order valence-electron chi connectivity index (χ3n) is 5.91. The van der Waals surface area contributed by atoms with Crippen LogP contribution >= 0.6 is 11.8 Å². The number of aromatic nitrogens is 4. The second kappa shape index (κ2) is 9.58. The molecule has 33 heavy (non-hydrogen) atoms. The van der Waals surface area contributed by atoms with Gasteiger partial charge < -0.3 is 4.90 Å². The van der Waals surface area contributed by atoms with E-state index in [2.05, 4.69) is 50.1 Å². The van der Waals surface area contributed by atoms with Gasteiger partial charge in [-0.2, -0.15) is 0 Å². The molecule has 0 aliphatic carbocycles. The van der Waals surface area contributed by atoms with E-state index < -0.39 is 0 Å². The van der Waals surface area contributed by atoms with Crippen molar-refractivity contribution in [1.82, 2.24) is 24.6 Å². The Morgan fingerprint density at radius 2 is 1.70 bits per heavy atom. The SMILES string of the molecule is C[C@@H](Sc1nnc(-c2ccncc2)n1Cc1ccccc1)C(=O)N1CCc2ccccc2C1. The number of thioether (sulfide) groups is 1. The number of carbonyl (C=O) groups is 1. The third-order valence-corrected chi connectivity index (χ3v) is 6.98. The Hall–Kier alpha value is -3.45. The molecule has 2 aromatic carbocycles. The molecule has 5 rings (SSSR count). The van der Waals surface area contributed by atoms with Gasteiger partial charge >= 0.3 is 0 Å². The zero-order valence-corrected chi connectivity index (χ0v) is 19.3. The molecule has 166 valence electrons. The van der Waals surface area contributed by atoms with E-state index in [4.69, 9.17) is 0 Å². The van der Waals surface area contributed by atoms with Gasteiger partial charge in [0.2, 0.25) is 5.91 Å². The van der Waals surface area contributed by atoms with E-state index >= 15 is 0 Å². The summed E-state index contributed by atoms with van der Waals surface area (Å²) in [6.07, 6.45) is 4.41. The summed E-state index contributed by atoms with van der Waals surface area (Å²) in [6.45, 7) is 4.01. The number of benzene rings is 2. The zero-order chi connectivity index (χ0) is 22.6. The van der Waals surface area contributed by atoms with E-state index in [-0.39, 0.29) is 11.2 Å². The lowest BCUT2D eigenvalue weighted by atomic mass is 10.00. The van der Waals surface area contributed by atoms with Crippen molar-refractivity contribution in [3.63, 3.8) is 0 Å². The molecular formula is C26H25N5OS. The largest absolute Gasteiger partial charge is 0.337 e. The number of carbonyl (C=O) groups excluding carboxylic acids is 1. The topological polar surface area (TPSA) is 63.9 Å². The smallest absolute Gasteiger partial charge is 0.236 e. The van der Waals surface area contributed by atoms with Crippen LogP contribution in [0.5, 0.6) is 0 Å². The van der Waals surface area contributed by atoms with Crippen LogP contribution in [0.25, 0.3) is 11.4 Å². The van der Waals surface area contributed by atoms with Crippen LogP contribution in [-0.2, 0) is 24.3 Å². The Morgan fingerprint density at radius 1 is 0.970 bits per heavy atom. The summed E-state index contributed by atoms with van der Waals surface area (Å²) >= 11 is 1.47. The summed E-state index contributed by atoms with van der Waals surface area (Å²) in [5.74, 6) is 0.907. The van der Waals surface area contributed by atoms with E-state index in [9.17, 15) is 4.79 Å². The van der Waals surface area contributed by atoms with Crippen LogP contribution in [0.3, 0.4) is 0 Å². The number of nitrogens with zero attached hydrogens (tertiary/aromatic N) is 5. The lowest BCUT2D eigenvalue weighted by Gasteiger charge is -2.30. The molecule has 0 spiro atoms. The number of rotatable bonds is 6. The third kappa shape index (κ3) is 4.68. The molecule has 0 fully saturated rings. The molecule has 0 saturated carbocycles. The minimum Gasteiger partial charge on any atom is -0.337 e. The first-order valence-corrected chi connectivity index (χ1v) is 12.0. The minimum atomic E-state index is -0.265. The van der Waals surface area contributed by atoms with Crippen LogP contribution in [0.4, 0.5) is 0 Å². The van der Waals surface area contributed by atoms with Gasteiger partial charge in [0.25, 0.3) is 0 Å². The van der Waals surface area contributed by atoms with Crippen LogP contribution < -0.4 is 0 Å². The molecule has 0 N–H and O–H groups in total. The van der Waals surface area contributed by atoms with Crippen molar-refractivity contribution in [2.24, 2.45) is 0 Å². The molecule has 6 nitrogen and oxygen atoms in total. The number of pyridine rings is 1. The summed E-state index contributed by atoms with van der Waals surface area (Å²) in [5, 5.41) is 9.43. The highest BCUT2D eigenvalue weighted by atomic mass is 32.2. The van der Waals surface area contributed by atoms with Gasteiger partial charge in [-0.25, -0.2) is 0 Å². The summed E-state index contributed by atoms with van der Waals surface area (Å²) < 4.78 is 2.09. The van der Waals surface area contributed by atoms with E-state index in [0.29, 0.717) is 13.1 Å². The molecule has 1 atom stereocenters. The lowest BCUT2D eigenvalue weighted by molar-refractivity contribution is -0.131. The maximum Gasteiger partial charge on any atom is 0.236 e. The van der Waals surface area contributed by atoms with Gasteiger partial charge in [0.05, 0.1) is 11.8 Å². The highest BCUT2D eigenvalue weighted by Gasteiger charge is 2.27. The van der Waals surface area contributed by atoms with Crippen LogP contribution in [-0.4, -0.2) is 42.4 Å². The van der Waals surface area contributed by atoms with Gasteiger partial charge in [0.15, 0.2) is 11.0 Å². The van der Waals surface area contributed by atoms with Crippen molar-refractivity contribution >= 4 is 17.7 Å². The molecule has 0 radical (unpaired) electrons. The Bertz CT molecular complexity index is 1240. The molecule has 1 amide bonds. The van der Waals surface area contributed by atoms with Gasteiger partial charge in [0, 0.05) is 31.0 Å². The van der Waals surface area contributed by atoms with E-state index in [1.54, 1.807) is 12.4 Å². The highest BCUT2D eigenvalue weighted by molar-refractivity contribution is 8.00. The van der Waals surface area contributed by atoms with E-state index in [0.717, 1.165) is 35.1 Å². The fourth-order valence-electron chi connectivity index (χ4n) is 4.15. The van der Waals surface area contributed by atoms with Crippen LogP contribution in [0.2, 0.25) is 0 Å².